The number of methoxy groups -OCH3 is 1. The maximum atomic E-state index is 13.1. The van der Waals surface area contributed by atoms with E-state index in [1.807, 2.05) is 0 Å². The van der Waals surface area contributed by atoms with Crippen molar-refractivity contribution in [1.82, 2.24) is 5.32 Å². The highest BCUT2D eigenvalue weighted by atomic mass is 19.4. The van der Waals surface area contributed by atoms with Gasteiger partial charge in [0, 0.05) is 23.5 Å². The Bertz CT molecular complexity index is 1290. The summed E-state index contributed by atoms with van der Waals surface area (Å²) in [7, 11) is 1.17. The minimum absolute atomic E-state index is 0.0190. The number of nitrogens with one attached hydrogen (secondary N) is 1. The van der Waals surface area contributed by atoms with Gasteiger partial charge in [0.2, 0.25) is 0 Å². The van der Waals surface area contributed by atoms with Crippen molar-refractivity contribution in [3.8, 4) is 5.75 Å². The van der Waals surface area contributed by atoms with Gasteiger partial charge in [-0.15, -0.1) is 0 Å². The molecule has 0 bridgehead atoms. The van der Waals surface area contributed by atoms with Crippen LogP contribution in [0.15, 0.2) is 71.1 Å². The molecule has 1 aliphatic rings. The zero-order valence-corrected chi connectivity index (χ0v) is 20.0. The van der Waals surface area contributed by atoms with Gasteiger partial charge in [-0.3, -0.25) is 10.1 Å². The van der Waals surface area contributed by atoms with Crippen LogP contribution in [0.2, 0.25) is 0 Å². The van der Waals surface area contributed by atoms with Crippen molar-refractivity contribution in [1.29, 1.82) is 0 Å². The molecule has 0 saturated heterocycles. The Balaban J connectivity index is 1.83. The molecule has 12 heteroatoms. The Kier molecular flexibility index (Phi) is 8.21. The summed E-state index contributed by atoms with van der Waals surface area (Å²) in [6, 6.07) is 9.76. The van der Waals surface area contributed by atoms with Gasteiger partial charge in [0.15, 0.2) is 0 Å². The van der Waals surface area contributed by atoms with E-state index in [0.29, 0.717) is 17.0 Å². The quantitative estimate of drug-likeness (QED) is 0.232. The number of carbonyl (C=O) groups excluding carboxylic acids is 2. The third kappa shape index (κ3) is 6.26. The number of benzene rings is 2. The molecule has 0 aliphatic carbocycles. The van der Waals surface area contributed by atoms with Crippen LogP contribution in [0.5, 0.6) is 5.75 Å². The van der Waals surface area contributed by atoms with Gasteiger partial charge < -0.3 is 19.5 Å². The van der Waals surface area contributed by atoms with Crippen molar-refractivity contribution < 1.29 is 41.9 Å². The topological polar surface area (TPSA) is 117 Å². The highest BCUT2D eigenvalue weighted by Crippen LogP contribution is 2.40. The molecule has 0 amide bonds. The first-order valence-corrected chi connectivity index (χ1v) is 10.9. The van der Waals surface area contributed by atoms with E-state index in [0.717, 1.165) is 12.1 Å². The van der Waals surface area contributed by atoms with Gasteiger partial charge >= 0.3 is 18.1 Å². The molecular weight excluding hydrogens is 497 g/mol. The van der Waals surface area contributed by atoms with Crippen LogP contribution in [0.3, 0.4) is 0 Å². The molecule has 1 unspecified atom stereocenters. The van der Waals surface area contributed by atoms with E-state index in [1.165, 1.54) is 43.5 Å². The summed E-state index contributed by atoms with van der Waals surface area (Å²) in [4.78, 5) is 36.5. The van der Waals surface area contributed by atoms with Gasteiger partial charge in [-0.2, -0.15) is 13.2 Å². The smallest absolute Gasteiger partial charge is 0.416 e. The molecule has 0 aromatic heterocycles. The molecular formula is C25H23F3N2O7. The molecule has 1 atom stereocenters. The van der Waals surface area contributed by atoms with Gasteiger partial charge in [-0.25, -0.2) is 9.59 Å². The number of ether oxygens (including phenoxy) is 3. The van der Waals surface area contributed by atoms with Crippen molar-refractivity contribution in [3.63, 3.8) is 0 Å². The standard InChI is InChI=1S/C25H23F3N2O7/c1-14-20(23(31)35-3)22(16-6-4-8-18(12-16)30(33)34)21(15(2)29-14)24(32)37-11-10-36-19-9-5-7-17(13-19)25(26,27)28/h4-9,12-13,22,29H,10-11H2,1-3H3. The number of non-ortho nitro benzene ring substituents is 1. The second-order valence-electron chi connectivity index (χ2n) is 7.99. The third-order valence-electron chi connectivity index (χ3n) is 5.55. The van der Waals surface area contributed by atoms with Gasteiger partial charge in [-0.05, 0) is 37.6 Å². The Morgan fingerprint density at radius 2 is 1.65 bits per heavy atom. The largest absolute Gasteiger partial charge is 0.490 e. The first-order valence-electron chi connectivity index (χ1n) is 10.9. The Hall–Kier alpha value is -4.35. The number of halogens is 3. The van der Waals surface area contributed by atoms with E-state index in [1.54, 1.807) is 13.8 Å². The zero-order valence-electron chi connectivity index (χ0n) is 20.0. The van der Waals surface area contributed by atoms with Gasteiger partial charge in [0.05, 0.1) is 34.7 Å². The van der Waals surface area contributed by atoms with Crippen LogP contribution >= 0.6 is 0 Å². The van der Waals surface area contributed by atoms with Gasteiger partial charge in [0.25, 0.3) is 5.69 Å². The number of hydrogen-bond donors (Lipinski definition) is 1. The van der Waals surface area contributed by atoms with E-state index in [-0.39, 0.29) is 35.8 Å². The lowest BCUT2D eigenvalue weighted by Gasteiger charge is -2.30. The molecule has 196 valence electrons. The summed E-state index contributed by atoms with van der Waals surface area (Å²) in [6.45, 7) is 2.62. The Morgan fingerprint density at radius 3 is 2.27 bits per heavy atom. The molecule has 2 aromatic carbocycles. The maximum absolute atomic E-state index is 13.1. The molecule has 9 nitrogen and oxygen atoms in total. The average molecular weight is 520 g/mol. The second kappa shape index (κ2) is 11.1. The lowest BCUT2D eigenvalue weighted by atomic mass is 9.80. The minimum Gasteiger partial charge on any atom is -0.490 e. The van der Waals surface area contributed by atoms with Crippen molar-refractivity contribution >= 4 is 17.6 Å². The number of rotatable bonds is 8. The van der Waals surface area contributed by atoms with Crippen molar-refractivity contribution in [2.75, 3.05) is 20.3 Å². The van der Waals surface area contributed by atoms with E-state index in [2.05, 4.69) is 5.32 Å². The molecule has 0 fully saturated rings. The molecule has 0 saturated carbocycles. The van der Waals surface area contributed by atoms with E-state index in [9.17, 15) is 32.9 Å². The van der Waals surface area contributed by atoms with Crippen LogP contribution in [-0.2, 0) is 25.2 Å². The second-order valence-corrected chi connectivity index (χ2v) is 7.99. The van der Waals surface area contributed by atoms with Crippen LogP contribution < -0.4 is 10.1 Å². The highest BCUT2D eigenvalue weighted by Gasteiger charge is 2.38. The lowest BCUT2D eigenvalue weighted by Crippen LogP contribution is -2.32. The lowest BCUT2D eigenvalue weighted by molar-refractivity contribution is -0.384. The number of hydrogen-bond acceptors (Lipinski definition) is 8. The fourth-order valence-electron chi connectivity index (χ4n) is 3.93. The Morgan fingerprint density at radius 1 is 1.00 bits per heavy atom. The fourth-order valence-corrected chi connectivity index (χ4v) is 3.93. The summed E-state index contributed by atoms with van der Waals surface area (Å²) in [5.41, 5.74) is 0.00939. The molecule has 0 radical (unpaired) electrons. The van der Waals surface area contributed by atoms with E-state index >= 15 is 0 Å². The molecule has 37 heavy (non-hydrogen) atoms. The third-order valence-corrected chi connectivity index (χ3v) is 5.55. The number of nitro benzene ring substituents is 1. The fraction of sp³-hybridized carbons (Fsp3) is 0.280. The molecule has 1 N–H and O–H groups in total. The molecule has 1 aliphatic heterocycles. The summed E-state index contributed by atoms with van der Waals surface area (Å²) in [5, 5.41) is 14.3. The number of alkyl halides is 3. The van der Waals surface area contributed by atoms with Crippen LogP contribution in [0.1, 0.15) is 30.9 Å². The van der Waals surface area contributed by atoms with Gasteiger partial charge in [-0.1, -0.05) is 18.2 Å². The molecule has 2 aromatic rings. The van der Waals surface area contributed by atoms with E-state index in [4.69, 9.17) is 14.2 Å². The van der Waals surface area contributed by atoms with Crippen molar-refractivity contribution in [2.45, 2.75) is 25.9 Å². The number of nitrogens with zero attached hydrogens (tertiary/aromatic N) is 1. The molecule has 1 heterocycles. The summed E-state index contributed by atoms with van der Waals surface area (Å²) < 4.78 is 54.1. The summed E-state index contributed by atoms with van der Waals surface area (Å²) >= 11 is 0. The van der Waals surface area contributed by atoms with Crippen molar-refractivity contribution in [3.05, 3.63) is 92.3 Å². The number of nitro groups is 1. The van der Waals surface area contributed by atoms with Gasteiger partial charge in [0.1, 0.15) is 19.0 Å². The predicted octanol–water partition coefficient (Wildman–Crippen LogP) is 4.64. The van der Waals surface area contributed by atoms with Crippen LogP contribution in [0.4, 0.5) is 18.9 Å². The maximum Gasteiger partial charge on any atom is 0.416 e. The summed E-state index contributed by atoms with van der Waals surface area (Å²) in [5.74, 6) is -2.68. The number of allylic oxidation sites excluding steroid dienone is 2. The SMILES string of the molecule is COC(=O)C1=C(C)NC(C)=C(C(=O)OCCOc2cccc(C(F)(F)F)c2)C1c1cccc([N+](=O)[O-])c1. The highest BCUT2D eigenvalue weighted by molar-refractivity contribution is 5.99. The minimum atomic E-state index is -4.53. The van der Waals surface area contributed by atoms with Crippen LogP contribution in [0.25, 0.3) is 0 Å². The number of esters is 2. The van der Waals surface area contributed by atoms with Crippen LogP contribution in [0, 0.1) is 10.1 Å². The number of carbonyl (C=O) groups is 2. The Labute approximate surface area is 209 Å². The molecule has 3 rings (SSSR count). The normalized spacial score (nSPS) is 15.7. The number of dihydropyridines is 1. The van der Waals surface area contributed by atoms with Crippen molar-refractivity contribution in [2.24, 2.45) is 0 Å². The van der Waals surface area contributed by atoms with E-state index < -0.39 is 34.5 Å². The predicted molar refractivity (Wildman–Crippen MR) is 124 cm³/mol. The molecule has 0 spiro atoms. The van der Waals surface area contributed by atoms with Crippen LogP contribution in [-0.4, -0.2) is 37.2 Å². The first-order chi connectivity index (χ1) is 17.4. The zero-order chi connectivity index (χ0) is 27.3. The first kappa shape index (κ1) is 27.2. The summed E-state index contributed by atoms with van der Waals surface area (Å²) in [6.07, 6.45) is -4.53. The monoisotopic (exact) mass is 520 g/mol. The average Bonchev–Trinajstić information content (AvgIpc) is 2.85.